The molecule has 0 aliphatic carbocycles. The number of carbonyl (C=O) groups excluding carboxylic acids is 1. The number of hydrogen-bond acceptors (Lipinski definition) is 9. The van der Waals surface area contributed by atoms with E-state index in [4.69, 9.17) is 14.2 Å². The van der Waals surface area contributed by atoms with Crippen molar-refractivity contribution in [3.8, 4) is 28.7 Å². The van der Waals surface area contributed by atoms with Gasteiger partial charge >= 0.3 is 0 Å². The Morgan fingerprint density at radius 1 is 1.07 bits per heavy atom. The van der Waals surface area contributed by atoms with Crippen molar-refractivity contribution in [3.63, 3.8) is 0 Å². The fourth-order valence-corrected chi connectivity index (χ4v) is 7.84. The molecule has 3 aromatic rings. The number of phenols is 2. The number of fused-ring (bicyclic) bond motifs is 9. The quantitative estimate of drug-likeness (QED) is 0.287. The van der Waals surface area contributed by atoms with Crippen LogP contribution in [0.2, 0.25) is 0 Å². The molecule has 4 aliphatic rings. The minimum atomic E-state index is -0.907. The molecule has 0 spiro atoms. The average molecular weight is 827 g/mol. The van der Waals surface area contributed by atoms with Gasteiger partial charge in [-0.05, 0) is 56.5 Å². The van der Waals surface area contributed by atoms with Crippen LogP contribution in [0.1, 0.15) is 51.0 Å². The zero-order chi connectivity index (χ0) is 30.9. The molecule has 1 fully saturated rings. The van der Waals surface area contributed by atoms with Gasteiger partial charge in [-0.15, -0.1) is 0 Å². The third-order valence-electron chi connectivity index (χ3n) is 9.82. The Kier molecular flexibility index (Phi) is 8.87. The summed E-state index contributed by atoms with van der Waals surface area (Å²) in [6.07, 6.45) is 3.24. The minimum absolute atomic E-state index is 0. The third kappa shape index (κ3) is 5.12. The molecule has 233 valence electrons. The van der Waals surface area contributed by atoms with Crippen LogP contribution in [0.5, 0.6) is 28.7 Å². The van der Waals surface area contributed by atoms with Gasteiger partial charge in [0.1, 0.15) is 12.0 Å². The molecule has 3 aromatic carbocycles. The third-order valence-corrected chi connectivity index (χ3v) is 9.82. The van der Waals surface area contributed by atoms with Crippen molar-refractivity contribution in [2.24, 2.45) is 0 Å². The number of aromatic hydroxyl groups is 2. The molecule has 1 amide bonds. The molecule has 1 saturated heterocycles. The van der Waals surface area contributed by atoms with Crippen LogP contribution in [0.3, 0.4) is 0 Å². The zero-order valence-corrected chi connectivity index (χ0v) is 30.5. The number of hydrogen-bond donors (Lipinski definition) is 4. The minimum Gasteiger partial charge on any atom is -0.507 e. The van der Waals surface area contributed by atoms with Crippen LogP contribution in [0.4, 0.5) is 0 Å². The number of phenolic OH excluding ortho intramolecular Hbond substituents is 2. The van der Waals surface area contributed by atoms with Gasteiger partial charge in [-0.3, -0.25) is 14.6 Å². The topological polar surface area (TPSA) is 124 Å². The van der Waals surface area contributed by atoms with E-state index in [9.17, 15) is 20.1 Å². The van der Waals surface area contributed by atoms with Gasteiger partial charge in [-0.2, -0.15) is 0 Å². The average Bonchev–Trinajstić information content (AvgIpc) is 3.51. The summed E-state index contributed by atoms with van der Waals surface area (Å²) in [6.45, 7) is 3.87. The first kappa shape index (κ1) is 32.1. The Morgan fingerprint density at radius 2 is 1.80 bits per heavy atom. The van der Waals surface area contributed by atoms with E-state index >= 15 is 0 Å². The first-order chi connectivity index (χ1) is 21.2. The smallest absolute Gasteiger partial charge is 0.244 e. The van der Waals surface area contributed by atoms with Crippen LogP contribution >= 0.6 is 0 Å². The van der Waals surface area contributed by atoms with Gasteiger partial charge in [0, 0.05) is 85.0 Å². The summed E-state index contributed by atoms with van der Waals surface area (Å²) in [4.78, 5) is 17.2. The molecular formula is C34H37AcN3O7. The number of carbonyl (C=O) groups is 1. The molecule has 2 unspecified atom stereocenters. The second-order valence-electron chi connectivity index (χ2n) is 12.1. The molecule has 1 radical (unpaired) electrons. The van der Waals surface area contributed by atoms with Gasteiger partial charge in [0.05, 0.1) is 25.2 Å². The van der Waals surface area contributed by atoms with Crippen molar-refractivity contribution in [2.45, 2.75) is 57.1 Å². The molecule has 0 saturated carbocycles. The molecule has 5 atom stereocenters. The van der Waals surface area contributed by atoms with Gasteiger partial charge < -0.3 is 34.8 Å². The number of aliphatic hydroxyl groups excluding tert-OH is 1. The summed E-state index contributed by atoms with van der Waals surface area (Å²) in [6, 6.07) is 10.1. The SMILES string of the molecule is COc1c(C)cc2c(c1O)[C@@H]1C3Cc4c(O)c(C)c5c(c4[C@H](CNC(=O)/C=C/c4ccccc4)N3C(O)[C@H](C2)N1C)OCO5.[Ac]. The van der Waals surface area contributed by atoms with Crippen LogP contribution in [0.15, 0.2) is 42.5 Å². The molecule has 2 bridgehead atoms. The molecule has 4 aliphatic heterocycles. The van der Waals surface area contributed by atoms with Gasteiger partial charge in [0.2, 0.25) is 12.7 Å². The number of nitrogens with one attached hydrogen (secondary N) is 1. The predicted octanol–water partition coefficient (Wildman–Crippen LogP) is 3.48. The Morgan fingerprint density at radius 3 is 2.53 bits per heavy atom. The summed E-state index contributed by atoms with van der Waals surface area (Å²) in [5.41, 5.74) is 5.46. The van der Waals surface area contributed by atoms with E-state index in [1.165, 1.54) is 6.08 Å². The number of aryl methyl sites for hydroxylation is 1. The van der Waals surface area contributed by atoms with Crippen LogP contribution in [-0.2, 0) is 17.6 Å². The van der Waals surface area contributed by atoms with Gasteiger partial charge in [-0.1, -0.05) is 36.4 Å². The number of methoxy groups -OCH3 is 1. The summed E-state index contributed by atoms with van der Waals surface area (Å²) in [7, 11) is 3.52. The molecule has 45 heavy (non-hydrogen) atoms. The van der Waals surface area contributed by atoms with Crippen molar-refractivity contribution in [1.82, 2.24) is 15.1 Å². The van der Waals surface area contributed by atoms with Crippen molar-refractivity contribution in [1.29, 1.82) is 0 Å². The summed E-state index contributed by atoms with van der Waals surface area (Å²) in [5, 5.41) is 38.2. The Hall–Kier alpha value is -2.81. The van der Waals surface area contributed by atoms with E-state index in [2.05, 4.69) is 10.2 Å². The second kappa shape index (κ2) is 12.4. The van der Waals surface area contributed by atoms with Gasteiger partial charge in [0.15, 0.2) is 23.0 Å². The largest absolute Gasteiger partial charge is 0.507 e. The molecule has 0 aromatic heterocycles. The second-order valence-corrected chi connectivity index (χ2v) is 12.1. The number of likely N-dealkylation sites (N-methyl/N-ethyl adjacent to an activating group) is 1. The fraction of sp³-hybridized carbons (Fsp3) is 0.382. The standard InChI is InChI=1S/C34H37N3O7.Ac/c1-17-12-20-13-23-34(41)37-22(28(36(23)3)26(20)30(40)31(17)42-4)14-21-27(33-32(43-16-44-33)18(2)29(21)39)24(37)15-35-25(38)11-10-19-8-6-5-7-9-19;/h5-12,22-24,28,34,39-41H,13-16H2,1-4H3,(H,35,38);/b11-10+;/t22?,23-,24-,28-,34?;/m0./s1. The molecule has 7 rings (SSSR count). The summed E-state index contributed by atoms with van der Waals surface area (Å²) >= 11 is 0. The Balaban J connectivity index is 0.00000357. The predicted molar refractivity (Wildman–Crippen MR) is 163 cm³/mol. The zero-order valence-electron chi connectivity index (χ0n) is 25.8. The molecule has 4 N–H and O–H groups in total. The first-order valence-corrected chi connectivity index (χ1v) is 14.9. The normalized spacial score (nSPS) is 24.8. The van der Waals surface area contributed by atoms with E-state index in [-0.39, 0.29) is 92.9 Å². The van der Waals surface area contributed by atoms with Crippen LogP contribution in [0.25, 0.3) is 6.08 Å². The van der Waals surface area contributed by atoms with Gasteiger partial charge in [-0.25, -0.2) is 0 Å². The molecular weight excluding hydrogens is 789 g/mol. The Bertz CT molecular complexity index is 1680. The monoisotopic (exact) mass is 826 g/mol. The van der Waals surface area contributed by atoms with E-state index < -0.39 is 12.3 Å². The van der Waals surface area contributed by atoms with Crippen molar-refractivity contribution < 1.29 is 78.4 Å². The van der Waals surface area contributed by atoms with Crippen molar-refractivity contribution in [3.05, 3.63) is 81.4 Å². The number of aliphatic hydroxyl groups is 1. The van der Waals surface area contributed by atoms with Crippen molar-refractivity contribution in [2.75, 3.05) is 27.5 Å². The molecule has 11 heteroatoms. The summed E-state index contributed by atoms with van der Waals surface area (Å²) in [5.74, 6) is 1.37. The Labute approximate surface area is 298 Å². The van der Waals surface area contributed by atoms with Crippen LogP contribution in [0, 0.1) is 57.9 Å². The van der Waals surface area contributed by atoms with Crippen molar-refractivity contribution >= 4 is 12.0 Å². The maximum Gasteiger partial charge on any atom is 0.244 e. The first-order valence-electron chi connectivity index (χ1n) is 14.9. The van der Waals surface area contributed by atoms with E-state index in [1.54, 1.807) is 20.1 Å². The number of nitrogens with zero attached hydrogens (tertiary/aromatic N) is 2. The number of amides is 1. The maximum atomic E-state index is 13.1. The van der Waals surface area contributed by atoms with Crippen LogP contribution < -0.4 is 19.5 Å². The summed E-state index contributed by atoms with van der Waals surface area (Å²) < 4.78 is 17.4. The number of ether oxygens (including phenoxy) is 3. The molecule has 4 heterocycles. The van der Waals surface area contributed by atoms with E-state index in [1.807, 2.05) is 55.3 Å². The van der Waals surface area contributed by atoms with Crippen LogP contribution in [-0.4, -0.2) is 76.8 Å². The fourth-order valence-electron chi connectivity index (χ4n) is 7.84. The maximum absolute atomic E-state index is 13.1. The molecule has 10 nitrogen and oxygen atoms in total. The van der Waals surface area contributed by atoms with E-state index in [0.29, 0.717) is 46.8 Å². The number of benzene rings is 3. The van der Waals surface area contributed by atoms with Gasteiger partial charge in [0.25, 0.3) is 0 Å². The van der Waals surface area contributed by atoms with E-state index in [0.717, 1.165) is 22.3 Å². The number of rotatable bonds is 5. The number of piperazine rings is 1.